The van der Waals surface area contributed by atoms with Gasteiger partial charge < -0.3 is 45.7 Å². The fourth-order valence-electron chi connectivity index (χ4n) is 8.05. The summed E-state index contributed by atoms with van der Waals surface area (Å²) in [6.45, 7) is 2.97. The van der Waals surface area contributed by atoms with E-state index in [0.717, 1.165) is 31.2 Å². The Bertz CT molecular complexity index is 2390. The van der Waals surface area contributed by atoms with Crippen LogP contribution in [0.3, 0.4) is 0 Å². The van der Waals surface area contributed by atoms with E-state index >= 15 is 4.39 Å². The van der Waals surface area contributed by atoms with E-state index in [2.05, 4.69) is 39.4 Å². The highest BCUT2D eigenvalue weighted by molar-refractivity contribution is 5.95. The molecule has 1 unspecified atom stereocenters. The van der Waals surface area contributed by atoms with Gasteiger partial charge in [0, 0.05) is 22.6 Å². The third kappa shape index (κ3) is 9.42. The van der Waals surface area contributed by atoms with Crippen molar-refractivity contribution in [1.29, 1.82) is 0 Å². The lowest BCUT2D eigenvalue weighted by Gasteiger charge is -2.31. The molecule has 0 saturated carbocycles. The van der Waals surface area contributed by atoms with Gasteiger partial charge in [0.15, 0.2) is 5.60 Å². The highest BCUT2D eigenvalue weighted by atomic mass is 19.1. The topological polar surface area (TPSA) is 236 Å². The second-order valence-electron chi connectivity index (χ2n) is 15.4. The number of aromatic nitrogens is 2. The number of terminal acetylenes is 1. The van der Waals surface area contributed by atoms with Crippen LogP contribution in [0, 0.1) is 25.1 Å². The number of carbonyl (C=O) groups excluding carboxylic acids is 6. The van der Waals surface area contributed by atoms with Gasteiger partial charge in [-0.3, -0.25) is 28.8 Å². The first-order valence-electron chi connectivity index (χ1n) is 20.5. The van der Waals surface area contributed by atoms with Crippen molar-refractivity contribution in [2.75, 3.05) is 32.8 Å². The molecule has 17 nitrogen and oxygen atoms in total. The second-order valence-corrected chi connectivity index (χ2v) is 15.4. The van der Waals surface area contributed by atoms with Crippen molar-refractivity contribution in [3.05, 3.63) is 61.7 Å². The molecular formula is C43H50FN7O10. The number of benzene rings is 1. The Balaban J connectivity index is 1.03. The number of hydrogen-bond acceptors (Lipinski definition) is 11. The maximum Gasteiger partial charge on any atom is 0.343 e. The molecule has 3 aromatic rings. The van der Waals surface area contributed by atoms with Gasteiger partial charge in [-0.25, -0.2) is 14.2 Å². The summed E-state index contributed by atoms with van der Waals surface area (Å²) in [4.78, 5) is 93.8. The van der Waals surface area contributed by atoms with Crippen LogP contribution in [0.15, 0.2) is 16.9 Å². The minimum atomic E-state index is -2.04. The number of nitrogens with one attached hydrogen (secondary N) is 5. The van der Waals surface area contributed by atoms with Gasteiger partial charge in [-0.05, 0) is 61.8 Å². The number of cyclic esters (lactones) is 1. The van der Waals surface area contributed by atoms with Crippen LogP contribution in [0.1, 0.15) is 98.2 Å². The summed E-state index contributed by atoms with van der Waals surface area (Å²) in [7, 11) is 0. The Hall–Kier alpha value is -6.19. The van der Waals surface area contributed by atoms with Crippen molar-refractivity contribution in [1.82, 2.24) is 36.1 Å². The van der Waals surface area contributed by atoms with Crippen LogP contribution in [0.4, 0.5) is 4.39 Å². The fourth-order valence-corrected chi connectivity index (χ4v) is 8.05. The molecule has 1 aliphatic carbocycles. The summed E-state index contributed by atoms with van der Waals surface area (Å²) in [5, 5.41) is 24.4. The molecule has 61 heavy (non-hydrogen) atoms. The highest BCUT2D eigenvalue weighted by Gasteiger charge is 2.46. The number of esters is 1. The number of nitrogens with zero attached hydrogens (tertiary/aromatic N) is 2. The van der Waals surface area contributed by atoms with Gasteiger partial charge in [0.1, 0.15) is 25.1 Å². The molecule has 6 N–H and O–H groups in total. The number of carbonyl (C=O) groups is 6. The molecule has 0 saturated heterocycles. The van der Waals surface area contributed by atoms with E-state index < -0.39 is 90.8 Å². The van der Waals surface area contributed by atoms with E-state index in [0.29, 0.717) is 58.2 Å². The number of amides is 5. The van der Waals surface area contributed by atoms with Gasteiger partial charge in [-0.2, -0.15) is 0 Å². The number of aliphatic hydroxyl groups is 1. The molecule has 0 bridgehead atoms. The van der Waals surface area contributed by atoms with Crippen LogP contribution in [-0.2, 0) is 63.4 Å². The number of fused-ring (bicyclic) bond motifs is 5. The van der Waals surface area contributed by atoms with Gasteiger partial charge >= 0.3 is 5.97 Å². The zero-order chi connectivity index (χ0) is 44.0. The molecular weight excluding hydrogens is 794 g/mol. The lowest BCUT2D eigenvalue weighted by Crippen LogP contribution is -2.46. The maximum atomic E-state index is 15.3. The summed E-state index contributed by atoms with van der Waals surface area (Å²) in [6, 6.07) is 2.24. The van der Waals surface area contributed by atoms with Gasteiger partial charge in [-0.15, -0.1) is 6.42 Å². The molecule has 4 heterocycles. The standard InChI is InChI=1S/C43H50FN7O10/c1-5-8-9-10-11-24(6-2)60-22-37(56)48-18-35(54)46-16-33(52)45-17-34(53)47-19-36(55)49-30-13-12-25-23(4)29(44)15-31-38(25)39(30)26-20-51-32(40(26)50-31)14-28-27(41(51)57)21-61-42(58)43(28,59)7-3/h2,14-15,24,30,59H,5,7-13,16-22H2,1,3-4H3,(H,45,52)(H,46,54)(H,47,53)(H,48,56)(H,49,55)/t24?,30-,43-/m0/s1. The van der Waals surface area contributed by atoms with E-state index in [9.17, 15) is 38.7 Å². The monoisotopic (exact) mass is 843 g/mol. The molecule has 1 aromatic carbocycles. The minimum Gasteiger partial charge on any atom is -0.458 e. The van der Waals surface area contributed by atoms with E-state index in [4.69, 9.17) is 20.9 Å². The quantitative estimate of drug-likeness (QED) is 0.0471. The van der Waals surface area contributed by atoms with Gasteiger partial charge in [0.2, 0.25) is 29.5 Å². The van der Waals surface area contributed by atoms with Crippen molar-refractivity contribution in [2.24, 2.45) is 0 Å². The van der Waals surface area contributed by atoms with Crippen molar-refractivity contribution in [2.45, 2.75) is 103 Å². The summed E-state index contributed by atoms with van der Waals surface area (Å²) in [5.74, 6) is -1.94. The largest absolute Gasteiger partial charge is 0.458 e. The fraction of sp³-hybridized carbons (Fsp3) is 0.488. The number of halogens is 1. The first-order valence-corrected chi connectivity index (χ1v) is 20.5. The number of unbranched alkanes of at least 4 members (excludes halogenated alkanes) is 3. The summed E-state index contributed by atoms with van der Waals surface area (Å²) in [6.07, 6.45) is 10.4. The van der Waals surface area contributed by atoms with Crippen LogP contribution < -0.4 is 32.1 Å². The SMILES string of the molecule is C#CC(CCCCCC)OCC(=O)NCC(=O)NCC(=O)NCC(=O)NCC(=O)N[C@H]1CCc2c(C)c(F)cc3nc4c(c1c23)Cn1c-4cc2c(c1=O)COC(=O)[C@]2(O)CC. The summed E-state index contributed by atoms with van der Waals surface area (Å²) < 4.78 is 27.3. The molecule has 2 aliphatic heterocycles. The van der Waals surface area contributed by atoms with Gasteiger partial charge in [-0.1, -0.05) is 39.0 Å². The number of ether oxygens (including phenoxy) is 2. The van der Waals surface area contributed by atoms with E-state index in [-0.39, 0.29) is 37.3 Å². The van der Waals surface area contributed by atoms with Crippen molar-refractivity contribution >= 4 is 46.4 Å². The number of rotatable bonds is 18. The molecule has 0 radical (unpaired) electrons. The predicted molar refractivity (Wildman–Crippen MR) is 218 cm³/mol. The lowest BCUT2D eigenvalue weighted by atomic mass is 9.81. The highest BCUT2D eigenvalue weighted by Crippen LogP contribution is 2.46. The van der Waals surface area contributed by atoms with Gasteiger partial charge in [0.05, 0.1) is 61.2 Å². The van der Waals surface area contributed by atoms with Crippen LogP contribution in [0.5, 0.6) is 0 Å². The average Bonchev–Trinajstić information content (AvgIpc) is 3.62. The molecule has 3 atom stereocenters. The molecule has 2 aromatic heterocycles. The van der Waals surface area contributed by atoms with Crippen LogP contribution in [0.25, 0.3) is 22.3 Å². The third-order valence-electron chi connectivity index (χ3n) is 11.4. The Kier molecular flexibility index (Phi) is 13.8. The Morgan fingerprint density at radius 2 is 1.62 bits per heavy atom. The van der Waals surface area contributed by atoms with E-state index in [1.807, 2.05) is 0 Å². The predicted octanol–water partition coefficient (Wildman–Crippen LogP) is 1.08. The first-order chi connectivity index (χ1) is 29.2. The van der Waals surface area contributed by atoms with E-state index in [1.54, 1.807) is 19.9 Å². The van der Waals surface area contributed by atoms with Gasteiger partial charge in [0.25, 0.3) is 5.56 Å². The Morgan fingerprint density at radius 1 is 0.967 bits per heavy atom. The van der Waals surface area contributed by atoms with Crippen LogP contribution in [0.2, 0.25) is 0 Å². The molecule has 0 spiro atoms. The first kappa shape index (κ1) is 44.4. The number of pyridine rings is 2. The summed E-state index contributed by atoms with van der Waals surface area (Å²) in [5.41, 5.74) is 1.21. The van der Waals surface area contributed by atoms with E-state index in [1.165, 1.54) is 10.6 Å². The van der Waals surface area contributed by atoms with Crippen molar-refractivity contribution in [3.63, 3.8) is 0 Å². The Labute approximate surface area is 350 Å². The molecule has 324 valence electrons. The molecule has 0 fully saturated rings. The third-order valence-corrected chi connectivity index (χ3v) is 11.4. The maximum absolute atomic E-state index is 15.3. The lowest BCUT2D eigenvalue weighted by molar-refractivity contribution is -0.172. The Morgan fingerprint density at radius 3 is 2.26 bits per heavy atom. The zero-order valence-electron chi connectivity index (χ0n) is 34.4. The minimum absolute atomic E-state index is 0.0397. The second kappa shape index (κ2) is 19.0. The van der Waals surface area contributed by atoms with Crippen LogP contribution in [-0.4, -0.2) is 89.1 Å². The zero-order valence-corrected chi connectivity index (χ0v) is 34.4. The van der Waals surface area contributed by atoms with Crippen molar-refractivity contribution in [3.8, 4) is 23.7 Å². The number of hydrogen-bond donors (Lipinski definition) is 6. The van der Waals surface area contributed by atoms with Crippen LogP contribution >= 0.6 is 0 Å². The molecule has 18 heteroatoms. The average molecular weight is 844 g/mol. The normalized spacial score (nSPS) is 17.5. The number of aryl methyl sites for hydroxylation is 1. The summed E-state index contributed by atoms with van der Waals surface area (Å²) >= 11 is 0. The van der Waals surface area contributed by atoms with Crippen molar-refractivity contribution < 1.29 is 47.7 Å². The smallest absolute Gasteiger partial charge is 0.343 e. The molecule has 6 rings (SSSR count). The molecule has 3 aliphatic rings. The molecule has 5 amide bonds.